The third kappa shape index (κ3) is 2.73. The molecule has 1 saturated heterocycles. The van der Waals surface area contributed by atoms with Crippen molar-refractivity contribution in [2.75, 3.05) is 39.8 Å². The Morgan fingerprint density at radius 3 is 2.75 bits per heavy atom. The van der Waals surface area contributed by atoms with E-state index in [0.717, 1.165) is 13.0 Å². The first-order valence-electron chi connectivity index (χ1n) is 4.86. The summed E-state index contributed by atoms with van der Waals surface area (Å²) in [6.45, 7) is 7.90. The van der Waals surface area contributed by atoms with Crippen LogP contribution in [0.2, 0.25) is 0 Å². The second-order valence-corrected chi connectivity index (χ2v) is 3.77. The van der Waals surface area contributed by atoms with Crippen LogP contribution in [-0.2, 0) is 0 Å². The molecular weight excluding hydrogens is 150 g/mol. The van der Waals surface area contributed by atoms with E-state index in [-0.39, 0.29) is 0 Å². The Labute approximate surface area is 75.5 Å². The fraction of sp³-hybridized carbons (Fsp3) is 1.00. The van der Waals surface area contributed by atoms with Gasteiger partial charge in [-0.25, -0.2) is 0 Å². The van der Waals surface area contributed by atoms with Crippen molar-refractivity contribution < 1.29 is 0 Å². The number of nitrogens with zero attached hydrogens (tertiary/aromatic N) is 2. The third-order valence-corrected chi connectivity index (χ3v) is 2.72. The third-order valence-electron chi connectivity index (χ3n) is 2.72. The maximum atomic E-state index is 5.47. The number of piperazine rings is 1. The molecule has 1 fully saturated rings. The molecule has 3 nitrogen and oxygen atoms in total. The minimum absolute atomic E-state index is 0.705. The van der Waals surface area contributed by atoms with E-state index in [9.17, 15) is 0 Å². The lowest BCUT2D eigenvalue weighted by Gasteiger charge is -2.37. The number of hydrogen-bond acceptors (Lipinski definition) is 3. The number of hydrogen-bond donors (Lipinski definition) is 1. The molecule has 0 aromatic carbocycles. The van der Waals surface area contributed by atoms with Gasteiger partial charge in [-0.1, -0.05) is 0 Å². The highest BCUT2D eigenvalue weighted by atomic mass is 15.3. The Hall–Kier alpha value is -0.120. The van der Waals surface area contributed by atoms with Crippen LogP contribution in [-0.4, -0.2) is 55.6 Å². The lowest BCUT2D eigenvalue weighted by atomic mass is 10.2. The molecule has 0 bridgehead atoms. The first-order chi connectivity index (χ1) is 5.74. The Morgan fingerprint density at radius 2 is 2.17 bits per heavy atom. The zero-order valence-electron chi connectivity index (χ0n) is 8.29. The van der Waals surface area contributed by atoms with Crippen molar-refractivity contribution >= 4 is 0 Å². The van der Waals surface area contributed by atoms with Gasteiger partial charge in [0.1, 0.15) is 0 Å². The monoisotopic (exact) mass is 171 g/mol. The summed E-state index contributed by atoms with van der Waals surface area (Å²) in [6.07, 6.45) is 1.14. The predicted octanol–water partition coefficient (Wildman–Crippen LogP) is -0.0289. The van der Waals surface area contributed by atoms with E-state index in [1.165, 1.54) is 26.2 Å². The number of likely N-dealkylation sites (N-methyl/N-ethyl adjacent to an activating group) is 1. The molecule has 12 heavy (non-hydrogen) atoms. The fourth-order valence-corrected chi connectivity index (χ4v) is 1.64. The van der Waals surface area contributed by atoms with Crippen LogP contribution in [0.3, 0.4) is 0 Å². The van der Waals surface area contributed by atoms with Crippen molar-refractivity contribution in [1.29, 1.82) is 0 Å². The van der Waals surface area contributed by atoms with Crippen LogP contribution in [0.15, 0.2) is 0 Å². The van der Waals surface area contributed by atoms with Gasteiger partial charge in [-0.15, -0.1) is 0 Å². The van der Waals surface area contributed by atoms with E-state index in [1.54, 1.807) is 0 Å². The van der Waals surface area contributed by atoms with Crippen LogP contribution in [0.5, 0.6) is 0 Å². The SMILES string of the molecule is C[C@H]1CN(CCCN)CCN1C. The summed E-state index contributed by atoms with van der Waals surface area (Å²) in [6, 6.07) is 0.705. The van der Waals surface area contributed by atoms with Crippen molar-refractivity contribution in [3.8, 4) is 0 Å². The van der Waals surface area contributed by atoms with Crippen LogP contribution in [0, 0.1) is 0 Å². The molecule has 0 saturated carbocycles. The summed E-state index contributed by atoms with van der Waals surface area (Å²) in [7, 11) is 2.20. The molecule has 1 heterocycles. The molecule has 0 spiro atoms. The quantitative estimate of drug-likeness (QED) is 0.647. The van der Waals surface area contributed by atoms with Gasteiger partial charge in [-0.2, -0.15) is 0 Å². The second-order valence-electron chi connectivity index (χ2n) is 3.77. The Morgan fingerprint density at radius 1 is 1.42 bits per heavy atom. The first kappa shape index (κ1) is 9.96. The van der Waals surface area contributed by atoms with E-state index >= 15 is 0 Å². The zero-order valence-corrected chi connectivity index (χ0v) is 8.29. The first-order valence-corrected chi connectivity index (χ1v) is 4.86. The van der Waals surface area contributed by atoms with E-state index in [1.807, 2.05) is 0 Å². The van der Waals surface area contributed by atoms with E-state index < -0.39 is 0 Å². The van der Waals surface area contributed by atoms with Gasteiger partial charge < -0.3 is 15.5 Å². The second kappa shape index (κ2) is 4.80. The maximum absolute atomic E-state index is 5.47. The van der Waals surface area contributed by atoms with Crippen LogP contribution in [0.4, 0.5) is 0 Å². The molecule has 1 atom stereocenters. The molecule has 0 aromatic rings. The lowest BCUT2D eigenvalue weighted by Crippen LogP contribution is -2.50. The average molecular weight is 171 g/mol. The van der Waals surface area contributed by atoms with Gasteiger partial charge in [-0.05, 0) is 33.5 Å². The van der Waals surface area contributed by atoms with Gasteiger partial charge in [0.05, 0.1) is 0 Å². The van der Waals surface area contributed by atoms with Crippen LogP contribution >= 0.6 is 0 Å². The average Bonchev–Trinajstić information content (AvgIpc) is 2.07. The van der Waals surface area contributed by atoms with Crippen molar-refractivity contribution in [3.63, 3.8) is 0 Å². The van der Waals surface area contributed by atoms with Gasteiger partial charge in [0.15, 0.2) is 0 Å². The highest BCUT2D eigenvalue weighted by Crippen LogP contribution is 2.06. The molecular formula is C9H21N3. The molecule has 0 unspecified atom stereocenters. The summed E-state index contributed by atoms with van der Waals surface area (Å²) >= 11 is 0. The van der Waals surface area contributed by atoms with Crippen LogP contribution in [0.25, 0.3) is 0 Å². The van der Waals surface area contributed by atoms with Gasteiger partial charge in [0.2, 0.25) is 0 Å². The van der Waals surface area contributed by atoms with Crippen molar-refractivity contribution in [2.24, 2.45) is 5.73 Å². The van der Waals surface area contributed by atoms with Crippen molar-refractivity contribution in [3.05, 3.63) is 0 Å². The van der Waals surface area contributed by atoms with Gasteiger partial charge in [0.25, 0.3) is 0 Å². The van der Waals surface area contributed by atoms with Gasteiger partial charge >= 0.3 is 0 Å². The van der Waals surface area contributed by atoms with E-state index in [4.69, 9.17) is 5.73 Å². The summed E-state index contributed by atoms with van der Waals surface area (Å²) < 4.78 is 0. The zero-order chi connectivity index (χ0) is 8.97. The summed E-state index contributed by atoms with van der Waals surface area (Å²) in [5, 5.41) is 0. The van der Waals surface area contributed by atoms with E-state index in [2.05, 4.69) is 23.8 Å². The fourth-order valence-electron chi connectivity index (χ4n) is 1.64. The summed E-state index contributed by atoms with van der Waals surface area (Å²) in [4.78, 5) is 4.93. The van der Waals surface area contributed by atoms with Crippen LogP contribution < -0.4 is 5.73 Å². The Kier molecular flexibility index (Phi) is 3.98. The normalized spacial score (nSPS) is 27.8. The Balaban J connectivity index is 2.21. The minimum Gasteiger partial charge on any atom is -0.330 e. The molecule has 0 radical (unpaired) electrons. The van der Waals surface area contributed by atoms with Gasteiger partial charge in [-0.3, -0.25) is 0 Å². The molecule has 72 valence electrons. The lowest BCUT2D eigenvalue weighted by molar-refractivity contribution is 0.105. The Bertz CT molecular complexity index is 125. The summed E-state index contributed by atoms with van der Waals surface area (Å²) in [5.41, 5.74) is 5.47. The number of rotatable bonds is 3. The molecule has 1 rings (SSSR count). The topological polar surface area (TPSA) is 32.5 Å². The maximum Gasteiger partial charge on any atom is 0.0192 e. The molecule has 0 aliphatic carbocycles. The minimum atomic E-state index is 0.705. The molecule has 0 aromatic heterocycles. The van der Waals surface area contributed by atoms with Crippen molar-refractivity contribution in [1.82, 2.24) is 9.80 Å². The van der Waals surface area contributed by atoms with Gasteiger partial charge in [0, 0.05) is 25.7 Å². The molecule has 1 aliphatic rings. The number of nitrogens with two attached hydrogens (primary N) is 1. The smallest absolute Gasteiger partial charge is 0.0192 e. The predicted molar refractivity (Wildman–Crippen MR) is 52.2 cm³/mol. The highest BCUT2D eigenvalue weighted by Gasteiger charge is 2.19. The summed E-state index contributed by atoms with van der Waals surface area (Å²) in [5.74, 6) is 0. The largest absolute Gasteiger partial charge is 0.330 e. The molecule has 2 N–H and O–H groups in total. The highest BCUT2D eigenvalue weighted by molar-refractivity contribution is 4.76. The molecule has 1 aliphatic heterocycles. The van der Waals surface area contributed by atoms with Crippen LogP contribution in [0.1, 0.15) is 13.3 Å². The van der Waals surface area contributed by atoms with Crippen molar-refractivity contribution in [2.45, 2.75) is 19.4 Å². The molecule has 3 heteroatoms. The molecule has 0 amide bonds. The standard InChI is InChI=1S/C9H21N3/c1-9-8-12(5-3-4-10)7-6-11(9)2/h9H,3-8,10H2,1-2H3/t9-/m0/s1. The van der Waals surface area contributed by atoms with E-state index in [0.29, 0.717) is 6.04 Å².